The van der Waals surface area contributed by atoms with Gasteiger partial charge >= 0.3 is 0 Å². The van der Waals surface area contributed by atoms with E-state index in [1.807, 2.05) is 35.7 Å². The fraction of sp³-hybridized carbons (Fsp3) is 0.176. The highest BCUT2D eigenvalue weighted by molar-refractivity contribution is 7.13. The van der Waals surface area contributed by atoms with Crippen LogP contribution in [0.2, 0.25) is 0 Å². The van der Waals surface area contributed by atoms with Crippen molar-refractivity contribution in [2.75, 3.05) is 0 Å². The number of carbonyl (C=O) groups excluding carboxylic acids is 1. The molecule has 4 nitrogen and oxygen atoms in total. The molecule has 1 amide bonds. The third kappa shape index (κ3) is 2.33. The van der Waals surface area contributed by atoms with Crippen molar-refractivity contribution in [1.82, 2.24) is 15.5 Å². The van der Waals surface area contributed by atoms with Crippen molar-refractivity contribution in [1.29, 1.82) is 0 Å². The lowest BCUT2D eigenvalue weighted by Crippen LogP contribution is -2.27. The molecule has 0 radical (unpaired) electrons. The highest BCUT2D eigenvalue weighted by Crippen LogP contribution is 2.31. The number of fused-ring (bicyclic) bond motifs is 1. The summed E-state index contributed by atoms with van der Waals surface area (Å²) in [6.07, 6.45) is 1.97. The summed E-state index contributed by atoms with van der Waals surface area (Å²) in [6, 6.07) is 14.2. The van der Waals surface area contributed by atoms with E-state index in [0.717, 1.165) is 23.4 Å². The lowest BCUT2D eigenvalue weighted by molar-refractivity contribution is 0.0931. The van der Waals surface area contributed by atoms with E-state index < -0.39 is 0 Å². The average Bonchev–Trinajstić information content (AvgIpc) is 3.28. The van der Waals surface area contributed by atoms with E-state index in [1.165, 1.54) is 11.1 Å². The van der Waals surface area contributed by atoms with Gasteiger partial charge in [0.05, 0.1) is 16.6 Å². The zero-order valence-corrected chi connectivity index (χ0v) is 12.7. The summed E-state index contributed by atoms with van der Waals surface area (Å²) in [7, 11) is 0. The lowest BCUT2D eigenvalue weighted by Gasteiger charge is -2.12. The number of aromatic nitrogens is 2. The Morgan fingerprint density at radius 2 is 2.18 bits per heavy atom. The van der Waals surface area contributed by atoms with Crippen LogP contribution < -0.4 is 5.32 Å². The van der Waals surface area contributed by atoms with E-state index in [4.69, 9.17) is 0 Å². The maximum Gasteiger partial charge on any atom is 0.272 e. The van der Waals surface area contributed by atoms with Crippen molar-refractivity contribution in [3.05, 3.63) is 64.7 Å². The summed E-state index contributed by atoms with van der Waals surface area (Å²) in [5.41, 5.74) is 3.87. The Morgan fingerprint density at radius 1 is 1.27 bits per heavy atom. The van der Waals surface area contributed by atoms with Crippen molar-refractivity contribution >= 4 is 17.2 Å². The Hall–Kier alpha value is -2.40. The van der Waals surface area contributed by atoms with Crippen LogP contribution in [0.15, 0.2) is 47.8 Å². The zero-order valence-electron chi connectivity index (χ0n) is 11.9. The summed E-state index contributed by atoms with van der Waals surface area (Å²) in [6.45, 7) is 0. The first-order chi connectivity index (χ1) is 10.8. The number of hydrogen-bond acceptors (Lipinski definition) is 3. The van der Waals surface area contributed by atoms with Gasteiger partial charge in [-0.25, -0.2) is 0 Å². The first-order valence-corrected chi connectivity index (χ1v) is 8.17. The van der Waals surface area contributed by atoms with Crippen molar-refractivity contribution in [2.24, 2.45) is 0 Å². The molecule has 0 bridgehead atoms. The number of nitrogens with one attached hydrogen (secondary N) is 2. The normalized spacial score (nSPS) is 16.5. The van der Waals surface area contributed by atoms with Crippen LogP contribution in [-0.2, 0) is 6.42 Å². The maximum atomic E-state index is 12.4. The Bertz CT molecular complexity index is 807. The quantitative estimate of drug-likeness (QED) is 0.777. The lowest BCUT2D eigenvalue weighted by atomic mass is 10.1. The summed E-state index contributed by atoms with van der Waals surface area (Å²) in [4.78, 5) is 13.5. The molecule has 5 heteroatoms. The smallest absolute Gasteiger partial charge is 0.272 e. The number of amides is 1. The van der Waals surface area contributed by atoms with Gasteiger partial charge in [-0.2, -0.15) is 5.10 Å². The van der Waals surface area contributed by atoms with Gasteiger partial charge in [-0.05, 0) is 41.5 Å². The molecule has 0 aliphatic heterocycles. The summed E-state index contributed by atoms with van der Waals surface area (Å²) < 4.78 is 0. The Labute approximate surface area is 132 Å². The van der Waals surface area contributed by atoms with Gasteiger partial charge in [0.25, 0.3) is 5.91 Å². The molecule has 1 aliphatic rings. The Morgan fingerprint density at radius 3 is 3.05 bits per heavy atom. The van der Waals surface area contributed by atoms with Crippen molar-refractivity contribution in [2.45, 2.75) is 18.9 Å². The molecule has 3 aromatic rings. The topological polar surface area (TPSA) is 57.8 Å². The van der Waals surface area contributed by atoms with E-state index in [2.05, 4.69) is 27.6 Å². The number of hydrogen-bond donors (Lipinski definition) is 2. The van der Waals surface area contributed by atoms with E-state index in [-0.39, 0.29) is 11.9 Å². The van der Waals surface area contributed by atoms with Gasteiger partial charge < -0.3 is 5.32 Å². The fourth-order valence-corrected chi connectivity index (χ4v) is 3.63. The molecule has 2 N–H and O–H groups in total. The van der Waals surface area contributed by atoms with Crippen LogP contribution in [0.25, 0.3) is 10.6 Å². The van der Waals surface area contributed by atoms with Crippen LogP contribution in [0.3, 0.4) is 0 Å². The first-order valence-electron chi connectivity index (χ1n) is 7.29. The third-order valence-electron chi connectivity index (χ3n) is 4.04. The van der Waals surface area contributed by atoms with Crippen LogP contribution in [0.5, 0.6) is 0 Å². The van der Waals surface area contributed by atoms with Gasteiger partial charge in [-0.15, -0.1) is 11.3 Å². The van der Waals surface area contributed by atoms with E-state index in [0.29, 0.717) is 5.69 Å². The van der Waals surface area contributed by atoms with Gasteiger partial charge in [0, 0.05) is 0 Å². The molecular weight excluding hydrogens is 294 g/mol. The minimum Gasteiger partial charge on any atom is -0.344 e. The molecule has 0 unspecified atom stereocenters. The van der Waals surface area contributed by atoms with Crippen molar-refractivity contribution < 1.29 is 4.79 Å². The number of H-pyrrole nitrogens is 1. The molecule has 0 fully saturated rings. The molecule has 1 aliphatic carbocycles. The van der Waals surface area contributed by atoms with Crippen LogP contribution in [0.4, 0.5) is 0 Å². The average molecular weight is 309 g/mol. The zero-order chi connectivity index (χ0) is 14.9. The van der Waals surface area contributed by atoms with E-state index >= 15 is 0 Å². The number of benzene rings is 1. The second-order valence-electron chi connectivity index (χ2n) is 5.41. The second kappa shape index (κ2) is 5.42. The molecule has 1 aromatic carbocycles. The molecule has 0 spiro atoms. The van der Waals surface area contributed by atoms with Gasteiger partial charge in [0.15, 0.2) is 5.69 Å². The van der Waals surface area contributed by atoms with Crippen molar-refractivity contribution in [3.63, 3.8) is 0 Å². The summed E-state index contributed by atoms with van der Waals surface area (Å²) in [5, 5.41) is 12.2. The fourth-order valence-electron chi connectivity index (χ4n) is 2.94. The Balaban J connectivity index is 1.52. The maximum absolute atomic E-state index is 12.4. The SMILES string of the molecule is O=C(N[C@H]1CCc2ccccc21)c1cc(-c2cccs2)[nH]n1. The van der Waals surface area contributed by atoms with Crippen LogP contribution in [0, 0.1) is 0 Å². The molecule has 0 saturated carbocycles. The molecule has 0 saturated heterocycles. The molecule has 2 heterocycles. The van der Waals surface area contributed by atoms with E-state index in [9.17, 15) is 4.79 Å². The molecule has 2 aromatic heterocycles. The van der Waals surface area contributed by atoms with Crippen LogP contribution in [-0.4, -0.2) is 16.1 Å². The van der Waals surface area contributed by atoms with Gasteiger partial charge in [-0.3, -0.25) is 9.89 Å². The monoisotopic (exact) mass is 309 g/mol. The first kappa shape index (κ1) is 13.3. The summed E-state index contributed by atoms with van der Waals surface area (Å²) >= 11 is 1.62. The predicted molar refractivity (Wildman–Crippen MR) is 86.9 cm³/mol. The number of aromatic amines is 1. The standard InChI is InChI=1S/C17H15N3OS/c21-17(15-10-14(19-20-15)16-6-3-9-22-16)18-13-8-7-11-4-1-2-5-12(11)13/h1-6,9-10,13H,7-8H2,(H,18,21)(H,19,20)/t13-/m0/s1. The van der Waals surface area contributed by atoms with Gasteiger partial charge in [0.1, 0.15) is 0 Å². The minimum absolute atomic E-state index is 0.0885. The number of thiophene rings is 1. The molecule has 4 rings (SSSR count). The highest BCUT2D eigenvalue weighted by Gasteiger charge is 2.24. The third-order valence-corrected chi connectivity index (χ3v) is 4.94. The number of aryl methyl sites for hydroxylation is 1. The largest absolute Gasteiger partial charge is 0.344 e. The van der Waals surface area contributed by atoms with Crippen LogP contribution >= 0.6 is 11.3 Å². The second-order valence-corrected chi connectivity index (χ2v) is 6.36. The molecular formula is C17H15N3OS. The molecule has 1 atom stereocenters. The minimum atomic E-state index is -0.124. The highest BCUT2D eigenvalue weighted by atomic mass is 32.1. The van der Waals surface area contributed by atoms with Crippen LogP contribution in [0.1, 0.15) is 34.1 Å². The van der Waals surface area contributed by atoms with Gasteiger partial charge in [-0.1, -0.05) is 30.3 Å². The molecule has 22 heavy (non-hydrogen) atoms. The predicted octanol–water partition coefficient (Wildman–Crippen LogP) is 3.56. The Kier molecular flexibility index (Phi) is 3.27. The number of carbonyl (C=O) groups is 1. The number of rotatable bonds is 3. The molecule has 110 valence electrons. The van der Waals surface area contributed by atoms with Crippen molar-refractivity contribution in [3.8, 4) is 10.6 Å². The summed E-state index contributed by atoms with van der Waals surface area (Å²) in [5.74, 6) is -0.124. The van der Waals surface area contributed by atoms with E-state index in [1.54, 1.807) is 11.3 Å². The number of nitrogens with zero attached hydrogens (tertiary/aromatic N) is 1. The van der Waals surface area contributed by atoms with Gasteiger partial charge in [0.2, 0.25) is 0 Å².